The van der Waals surface area contributed by atoms with E-state index < -0.39 is 0 Å². The molecular weight excluding hydrogens is 250 g/mol. The molecule has 6 heteroatoms. The molecule has 0 aliphatic carbocycles. The van der Waals surface area contributed by atoms with Gasteiger partial charge in [0.15, 0.2) is 5.78 Å². The number of amides is 2. The molecule has 0 aromatic rings. The maximum Gasteiger partial charge on any atom is 0.229 e. The monoisotopic (exact) mass is 271 g/mol. The number of imide groups is 1. The summed E-state index contributed by atoms with van der Waals surface area (Å²) < 4.78 is 10.4. The minimum atomic E-state index is -0.132. The van der Waals surface area contributed by atoms with Crippen LogP contribution < -0.4 is 0 Å². The molecule has 6 nitrogen and oxygen atoms in total. The molecule has 0 saturated carbocycles. The Labute approximate surface area is 113 Å². The number of ketones is 1. The van der Waals surface area contributed by atoms with Crippen LogP contribution in [0.2, 0.25) is 0 Å². The van der Waals surface area contributed by atoms with E-state index in [9.17, 15) is 14.4 Å². The zero-order chi connectivity index (χ0) is 14.3. The molecule has 0 N–H and O–H groups in total. The third-order valence-electron chi connectivity index (χ3n) is 2.87. The zero-order valence-electron chi connectivity index (χ0n) is 11.5. The number of carbonyl (C=O) groups excluding carboxylic acids is 3. The van der Waals surface area contributed by atoms with Crippen molar-refractivity contribution in [2.45, 2.75) is 26.7 Å². The van der Waals surface area contributed by atoms with Gasteiger partial charge in [-0.3, -0.25) is 19.3 Å². The lowest BCUT2D eigenvalue weighted by molar-refractivity contribution is -0.139. The lowest BCUT2D eigenvalue weighted by atomic mass is 10.1. The summed E-state index contributed by atoms with van der Waals surface area (Å²) in [4.78, 5) is 35.0. The average molecular weight is 271 g/mol. The molecule has 1 aliphatic heterocycles. The molecule has 1 rings (SSSR count). The lowest BCUT2D eigenvalue weighted by Gasteiger charge is -2.13. The summed E-state index contributed by atoms with van der Waals surface area (Å²) in [6, 6.07) is 0. The molecule has 1 aliphatic rings. The summed E-state index contributed by atoms with van der Waals surface area (Å²) in [6.45, 7) is 5.03. The SMILES string of the molecule is CC(C)C(=O)COCCOCCN1C(=O)CCC1=O. The number of carbonyl (C=O) groups is 3. The third kappa shape index (κ3) is 5.48. The maximum absolute atomic E-state index is 11.3. The van der Waals surface area contributed by atoms with Gasteiger partial charge in [-0.05, 0) is 0 Å². The van der Waals surface area contributed by atoms with Gasteiger partial charge in [-0.2, -0.15) is 0 Å². The molecule has 1 heterocycles. The predicted octanol–water partition coefficient (Wildman–Crippen LogP) is 0.394. The van der Waals surface area contributed by atoms with Crippen molar-refractivity contribution in [3.8, 4) is 0 Å². The molecule has 1 fully saturated rings. The fourth-order valence-electron chi connectivity index (χ4n) is 1.59. The van der Waals surface area contributed by atoms with Gasteiger partial charge >= 0.3 is 0 Å². The molecule has 0 unspecified atom stereocenters. The van der Waals surface area contributed by atoms with Gasteiger partial charge in [-0.15, -0.1) is 0 Å². The largest absolute Gasteiger partial charge is 0.377 e. The van der Waals surface area contributed by atoms with Crippen LogP contribution >= 0.6 is 0 Å². The highest BCUT2D eigenvalue weighted by atomic mass is 16.5. The summed E-state index contributed by atoms with van der Waals surface area (Å²) in [5.41, 5.74) is 0. The Kier molecular flexibility index (Phi) is 6.66. The molecule has 2 amide bonds. The maximum atomic E-state index is 11.3. The van der Waals surface area contributed by atoms with Crippen LogP contribution in [0.25, 0.3) is 0 Å². The van der Waals surface area contributed by atoms with Crippen LogP contribution in [0.3, 0.4) is 0 Å². The van der Waals surface area contributed by atoms with E-state index in [0.717, 1.165) is 0 Å². The number of nitrogens with zero attached hydrogens (tertiary/aromatic N) is 1. The van der Waals surface area contributed by atoms with Crippen molar-refractivity contribution >= 4 is 17.6 Å². The van der Waals surface area contributed by atoms with Crippen molar-refractivity contribution < 1.29 is 23.9 Å². The van der Waals surface area contributed by atoms with Gasteiger partial charge in [0.1, 0.15) is 6.61 Å². The first-order chi connectivity index (χ1) is 9.02. The molecule has 0 aromatic carbocycles. The first-order valence-corrected chi connectivity index (χ1v) is 6.53. The minimum Gasteiger partial charge on any atom is -0.377 e. The minimum absolute atomic E-state index is 0.0203. The van der Waals surface area contributed by atoms with Crippen LogP contribution in [0.5, 0.6) is 0 Å². The standard InChI is InChI=1S/C13H21NO5/c1-10(2)11(15)9-19-8-7-18-6-5-14-12(16)3-4-13(14)17/h10H,3-9H2,1-2H3. The van der Waals surface area contributed by atoms with E-state index in [1.165, 1.54) is 4.90 Å². The van der Waals surface area contributed by atoms with Crippen molar-refractivity contribution in [1.82, 2.24) is 4.90 Å². The van der Waals surface area contributed by atoms with E-state index in [1.54, 1.807) is 0 Å². The number of likely N-dealkylation sites (tertiary alicyclic amines) is 1. The Hall–Kier alpha value is -1.27. The molecule has 0 atom stereocenters. The van der Waals surface area contributed by atoms with Gasteiger partial charge in [0.25, 0.3) is 0 Å². The van der Waals surface area contributed by atoms with E-state index in [4.69, 9.17) is 9.47 Å². The molecule has 0 spiro atoms. The molecule has 0 bridgehead atoms. The number of Topliss-reactive ketones (excluding diaryl/α,β-unsaturated/α-hetero) is 1. The summed E-state index contributed by atoms with van der Waals surface area (Å²) in [7, 11) is 0. The van der Waals surface area contributed by atoms with Crippen LogP contribution in [0.15, 0.2) is 0 Å². The molecule has 19 heavy (non-hydrogen) atoms. The summed E-state index contributed by atoms with van der Waals surface area (Å²) in [5, 5.41) is 0. The summed E-state index contributed by atoms with van der Waals surface area (Å²) in [5.74, 6) is -0.221. The molecule has 0 radical (unpaired) electrons. The summed E-state index contributed by atoms with van der Waals surface area (Å²) in [6.07, 6.45) is 0.610. The Morgan fingerprint density at radius 2 is 1.68 bits per heavy atom. The highest BCUT2D eigenvalue weighted by molar-refractivity contribution is 6.01. The van der Waals surface area contributed by atoms with Gasteiger partial charge in [-0.1, -0.05) is 13.8 Å². The Morgan fingerprint density at radius 3 is 2.26 bits per heavy atom. The number of ether oxygens (including phenoxy) is 2. The van der Waals surface area contributed by atoms with Crippen molar-refractivity contribution in [3.05, 3.63) is 0 Å². The average Bonchev–Trinajstić information content (AvgIpc) is 2.68. The van der Waals surface area contributed by atoms with E-state index in [-0.39, 0.29) is 30.1 Å². The second kappa shape index (κ2) is 8.01. The van der Waals surface area contributed by atoms with Crippen molar-refractivity contribution in [1.29, 1.82) is 0 Å². The van der Waals surface area contributed by atoms with E-state index in [2.05, 4.69) is 0 Å². The number of rotatable bonds is 9. The van der Waals surface area contributed by atoms with E-state index in [0.29, 0.717) is 39.2 Å². The first-order valence-electron chi connectivity index (χ1n) is 6.53. The molecule has 0 aromatic heterocycles. The quantitative estimate of drug-likeness (QED) is 0.448. The van der Waals surface area contributed by atoms with Crippen LogP contribution in [-0.2, 0) is 23.9 Å². The van der Waals surface area contributed by atoms with Crippen LogP contribution in [0.1, 0.15) is 26.7 Å². The normalized spacial score (nSPS) is 15.6. The zero-order valence-corrected chi connectivity index (χ0v) is 11.5. The van der Waals surface area contributed by atoms with Crippen molar-refractivity contribution in [2.24, 2.45) is 5.92 Å². The van der Waals surface area contributed by atoms with Crippen LogP contribution in [0.4, 0.5) is 0 Å². The van der Waals surface area contributed by atoms with Crippen LogP contribution in [-0.4, -0.2) is 55.5 Å². The third-order valence-corrected chi connectivity index (χ3v) is 2.87. The Balaban J connectivity index is 1.98. The molecule has 1 saturated heterocycles. The first kappa shape index (κ1) is 15.8. The predicted molar refractivity (Wildman–Crippen MR) is 67.4 cm³/mol. The number of hydrogen-bond acceptors (Lipinski definition) is 5. The van der Waals surface area contributed by atoms with Gasteiger partial charge in [0, 0.05) is 18.8 Å². The smallest absolute Gasteiger partial charge is 0.229 e. The topological polar surface area (TPSA) is 72.9 Å². The second-order valence-electron chi connectivity index (χ2n) is 4.73. The van der Waals surface area contributed by atoms with E-state index in [1.807, 2.05) is 13.8 Å². The van der Waals surface area contributed by atoms with Gasteiger partial charge in [0.2, 0.25) is 11.8 Å². The van der Waals surface area contributed by atoms with Gasteiger partial charge in [0.05, 0.1) is 26.4 Å². The van der Waals surface area contributed by atoms with Gasteiger partial charge in [-0.25, -0.2) is 0 Å². The van der Waals surface area contributed by atoms with Crippen molar-refractivity contribution in [2.75, 3.05) is 33.0 Å². The van der Waals surface area contributed by atoms with Crippen LogP contribution in [0, 0.1) is 5.92 Å². The molecule has 108 valence electrons. The fraction of sp³-hybridized carbons (Fsp3) is 0.769. The summed E-state index contributed by atoms with van der Waals surface area (Å²) >= 11 is 0. The molecular formula is C13H21NO5. The highest BCUT2D eigenvalue weighted by Gasteiger charge is 2.28. The second-order valence-corrected chi connectivity index (χ2v) is 4.73. The van der Waals surface area contributed by atoms with E-state index >= 15 is 0 Å². The lowest BCUT2D eigenvalue weighted by Crippen LogP contribution is -2.32. The fourth-order valence-corrected chi connectivity index (χ4v) is 1.59. The Morgan fingerprint density at radius 1 is 1.11 bits per heavy atom. The van der Waals surface area contributed by atoms with Gasteiger partial charge < -0.3 is 9.47 Å². The Bertz CT molecular complexity index is 324. The highest BCUT2D eigenvalue weighted by Crippen LogP contribution is 2.10. The number of hydrogen-bond donors (Lipinski definition) is 0. The van der Waals surface area contributed by atoms with Crippen molar-refractivity contribution in [3.63, 3.8) is 0 Å².